The molecule has 4 amide bonds. The largest absolute Gasteiger partial charge is 0.367 e. The highest BCUT2D eigenvalue weighted by Crippen LogP contribution is 2.17. The first-order chi connectivity index (χ1) is 11.2. The van der Waals surface area contributed by atoms with Crippen LogP contribution in [0.25, 0.3) is 0 Å². The van der Waals surface area contributed by atoms with Gasteiger partial charge in [0.2, 0.25) is 0 Å². The molecule has 0 N–H and O–H groups in total. The summed E-state index contributed by atoms with van der Waals surface area (Å²) in [6.45, 7) is 3.84. The van der Waals surface area contributed by atoms with E-state index < -0.39 is 29.7 Å². The number of carbonyl (C=O) groups is 5. The van der Waals surface area contributed by atoms with E-state index in [0.29, 0.717) is 11.1 Å². The van der Waals surface area contributed by atoms with E-state index in [-0.39, 0.29) is 25.5 Å². The molecule has 0 fully saturated rings. The molecule has 0 spiro atoms. The van der Waals surface area contributed by atoms with Crippen molar-refractivity contribution in [3.63, 3.8) is 0 Å². The normalized spacial score (nSPS) is 18.0. The number of carbonyl (C=O) groups excluding carboxylic acids is 5. The third kappa shape index (κ3) is 3.65. The molecule has 8 nitrogen and oxygen atoms in total. The second kappa shape index (κ2) is 6.88. The Morgan fingerprint density at radius 1 is 0.958 bits per heavy atom. The fraction of sp³-hybridized carbons (Fsp3) is 0.438. The van der Waals surface area contributed by atoms with Crippen molar-refractivity contribution in [3.8, 4) is 0 Å². The van der Waals surface area contributed by atoms with E-state index in [1.165, 1.54) is 32.9 Å². The molecule has 0 saturated heterocycles. The minimum Gasteiger partial charge on any atom is -0.367 e. The zero-order chi connectivity index (χ0) is 18.0. The van der Waals surface area contributed by atoms with Crippen molar-refractivity contribution >= 4 is 29.4 Å². The molecule has 2 aliphatic rings. The Hall–Kier alpha value is -2.61. The Kier molecular flexibility index (Phi) is 5.08. The van der Waals surface area contributed by atoms with Crippen molar-refractivity contribution in [2.45, 2.75) is 26.9 Å². The Labute approximate surface area is 138 Å². The van der Waals surface area contributed by atoms with Crippen molar-refractivity contribution in [1.29, 1.82) is 0 Å². The van der Waals surface area contributed by atoms with Crippen LogP contribution in [-0.2, 0) is 28.7 Å². The highest BCUT2D eigenvalue weighted by molar-refractivity contribution is 6.16. The average Bonchev–Trinajstić information content (AvgIpc) is 2.87. The first-order valence-corrected chi connectivity index (χ1v) is 7.40. The van der Waals surface area contributed by atoms with Gasteiger partial charge in [-0.3, -0.25) is 33.8 Å². The van der Waals surface area contributed by atoms with Gasteiger partial charge in [0.15, 0.2) is 5.78 Å². The molecule has 24 heavy (non-hydrogen) atoms. The molecular weight excluding hydrogens is 316 g/mol. The van der Waals surface area contributed by atoms with Gasteiger partial charge in [0.25, 0.3) is 23.6 Å². The maximum atomic E-state index is 12.0. The van der Waals surface area contributed by atoms with Gasteiger partial charge >= 0.3 is 0 Å². The molecule has 2 aliphatic heterocycles. The van der Waals surface area contributed by atoms with Gasteiger partial charge in [-0.2, -0.15) is 0 Å². The van der Waals surface area contributed by atoms with Crippen LogP contribution in [0.3, 0.4) is 0 Å². The number of rotatable bonds is 7. The topological polar surface area (TPSA) is 101 Å². The van der Waals surface area contributed by atoms with Crippen LogP contribution in [0.5, 0.6) is 0 Å². The molecule has 8 heteroatoms. The van der Waals surface area contributed by atoms with Gasteiger partial charge in [0.05, 0.1) is 19.2 Å². The lowest BCUT2D eigenvalue weighted by Gasteiger charge is -2.26. The number of ketones is 1. The molecule has 128 valence electrons. The summed E-state index contributed by atoms with van der Waals surface area (Å²) in [6.07, 6.45) is 1.58. The molecule has 0 aromatic heterocycles. The van der Waals surface area contributed by atoms with E-state index in [4.69, 9.17) is 4.74 Å². The molecule has 0 unspecified atom stereocenters. The predicted molar refractivity (Wildman–Crippen MR) is 81.4 cm³/mol. The van der Waals surface area contributed by atoms with Gasteiger partial charge < -0.3 is 4.74 Å². The minimum atomic E-state index is -0.840. The van der Waals surface area contributed by atoms with Gasteiger partial charge in [-0.15, -0.1) is 0 Å². The summed E-state index contributed by atoms with van der Waals surface area (Å²) in [5, 5.41) is 0. The van der Waals surface area contributed by atoms with E-state index in [9.17, 15) is 24.0 Å². The Morgan fingerprint density at radius 3 is 1.67 bits per heavy atom. The second-order valence-corrected chi connectivity index (χ2v) is 5.80. The maximum Gasteiger partial charge on any atom is 0.256 e. The molecule has 2 heterocycles. The van der Waals surface area contributed by atoms with Crippen molar-refractivity contribution in [1.82, 2.24) is 9.80 Å². The number of amides is 4. The van der Waals surface area contributed by atoms with Crippen molar-refractivity contribution in [2.24, 2.45) is 0 Å². The van der Waals surface area contributed by atoms with E-state index in [1.54, 1.807) is 0 Å². The van der Waals surface area contributed by atoms with Crippen LogP contribution in [0.15, 0.2) is 23.3 Å². The summed E-state index contributed by atoms with van der Waals surface area (Å²) in [4.78, 5) is 60.7. The van der Waals surface area contributed by atoms with E-state index in [2.05, 4.69) is 0 Å². The summed E-state index contributed by atoms with van der Waals surface area (Å²) in [5.41, 5.74) is 0.604. The summed E-state index contributed by atoms with van der Waals surface area (Å²) >= 11 is 0. The molecule has 0 saturated carbocycles. The van der Waals surface area contributed by atoms with Gasteiger partial charge in [-0.25, -0.2) is 0 Å². The molecule has 0 radical (unpaired) electrons. The fourth-order valence-corrected chi connectivity index (χ4v) is 2.43. The standard InChI is InChI=1S/C16H18N2O6/c1-9-4-13(20)17(15(9)22)6-12(24-8-11(3)19)7-18-14(21)5-10(2)16(18)23/h4-5,12H,6-8H2,1-3H3. The zero-order valence-electron chi connectivity index (χ0n) is 13.7. The molecule has 0 bridgehead atoms. The minimum absolute atomic E-state index is 0.144. The van der Waals surface area contributed by atoms with E-state index >= 15 is 0 Å². The number of Topliss-reactive ketones (excluding diaryl/α,β-unsaturated/α-hetero) is 1. The fourth-order valence-electron chi connectivity index (χ4n) is 2.43. The first kappa shape index (κ1) is 17.7. The molecule has 0 atom stereocenters. The van der Waals surface area contributed by atoms with E-state index in [0.717, 1.165) is 9.80 Å². The number of hydrogen-bond acceptors (Lipinski definition) is 6. The molecule has 2 rings (SSSR count). The summed E-state index contributed by atoms with van der Waals surface area (Å²) in [7, 11) is 0. The Bertz CT molecular complexity index is 641. The molecule has 0 aromatic carbocycles. The Morgan fingerprint density at radius 2 is 1.38 bits per heavy atom. The quantitative estimate of drug-likeness (QED) is 0.587. The van der Waals surface area contributed by atoms with Crippen LogP contribution in [0, 0.1) is 0 Å². The van der Waals surface area contributed by atoms with Crippen LogP contribution < -0.4 is 0 Å². The van der Waals surface area contributed by atoms with Gasteiger partial charge in [-0.1, -0.05) is 0 Å². The van der Waals surface area contributed by atoms with Crippen LogP contribution in [0.1, 0.15) is 20.8 Å². The summed E-state index contributed by atoms with van der Waals surface area (Å²) in [5.74, 6) is -2.12. The number of imide groups is 2. The van der Waals surface area contributed by atoms with Crippen molar-refractivity contribution < 1.29 is 28.7 Å². The third-order valence-corrected chi connectivity index (χ3v) is 3.67. The Balaban J connectivity index is 2.09. The number of hydrogen-bond donors (Lipinski definition) is 0. The summed E-state index contributed by atoms with van der Waals surface area (Å²) in [6, 6.07) is 0. The van der Waals surface area contributed by atoms with Gasteiger partial charge in [0.1, 0.15) is 6.61 Å². The van der Waals surface area contributed by atoms with Crippen LogP contribution >= 0.6 is 0 Å². The smallest absolute Gasteiger partial charge is 0.256 e. The average molecular weight is 334 g/mol. The number of ether oxygens (including phenoxy) is 1. The number of nitrogens with zero attached hydrogens (tertiary/aromatic N) is 2. The zero-order valence-corrected chi connectivity index (χ0v) is 13.7. The van der Waals surface area contributed by atoms with Crippen molar-refractivity contribution in [2.75, 3.05) is 19.7 Å². The van der Waals surface area contributed by atoms with E-state index in [1.807, 2.05) is 0 Å². The lowest BCUT2D eigenvalue weighted by Crippen LogP contribution is -2.46. The van der Waals surface area contributed by atoms with Crippen LogP contribution in [0.4, 0.5) is 0 Å². The third-order valence-electron chi connectivity index (χ3n) is 3.67. The van der Waals surface area contributed by atoms with Crippen molar-refractivity contribution in [3.05, 3.63) is 23.3 Å². The highest BCUT2D eigenvalue weighted by Gasteiger charge is 2.35. The predicted octanol–water partition coefficient (Wildman–Crippen LogP) is -0.409. The molecular formula is C16H18N2O6. The van der Waals surface area contributed by atoms with Crippen LogP contribution in [-0.4, -0.2) is 65.0 Å². The lowest BCUT2D eigenvalue weighted by molar-refractivity contribution is -0.142. The SMILES string of the molecule is CC(=O)COC(CN1C(=O)C=C(C)C1=O)CN1C(=O)C=C(C)C1=O. The second-order valence-electron chi connectivity index (χ2n) is 5.80. The summed E-state index contributed by atoms with van der Waals surface area (Å²) < 4.78 is 5.40. The molecule has 0 aliphatic carbocycles. The van der Waals surface area contributed by atoms with Crippen LogP contribution in [0.2, 0.25) is 0 Å². The first-order valence-electron chi connectivity index (χ1n) is 7.40. The van der Waals surface area contributed by atoms with Gasteiger partial charge in [-0.05, 0) is 20.8 Å². The highest BCUT2D eigenvalue weighted by atomic mass is 16.5. The lowest BCUT2D eigenvalue weighted by atomic mass is 10.2. The monoisotopic (exact) mass is 334 g/mol. The maximum absolute atomic E-state index is 12.0. The van der Waals surface area contributed by atoms with Gasteiger partial charge in [0, 0.05) is 23.3 Å². The molecule has 0 aromatic rings.